The largest absolute Gasteiger partial charge is 0.301 e. The molecule has 0 rings (SSSR count). The van der Waals surface area contributed by atoms with Gasteiger partial charge >= 0.3 is 0 Å². The Bertz CT molecular complexity index is 185. The van der Waals surface area contributed by atoms with Crippen molar-refractivity contribution < 1.29 is 0 Å². The molecule has 0 aromatic carbocycles. The van der Waals surface area contributed by atoms with Crippen molar-refractivity contribution >= 4 is 0 Å². The highest BCUT2D eigenvalue weighted by Gasteiger charge is 2.09. The van der Waals surface area contributed by atoms with E-state index in [1.165, 1.54) is 64.2 Å². The van der Waals surface area contributed by atoms with Crippen molar-refractivity contribution in [1.82, 2.24) is 0 Å². The molecule has 3 nitrogen and oxygen atoms in total. The zero-order valence-corrected chi connectivity index (χ0v) is 12.0. The third-order valence-electron chi connectivity index (χ3n) is 3.27. The number of hydrogen-bond acceptors (Lipinski definition) is 3. The zero-order chi connectivity index (χ0) is 13.7. The first kappa shape index (κ1) is 17.6. The van der Waals surface area contributed by atoms with Crippen molar-refractivity contribution in [3.8, 4) is 0 Å². The van der Waals surface area contributed by atoms with Crippen LogP contribution in [0.5, 0.6) is 0 Å². The van der Waals surface area contributed by atoms with Crippen LogP contribution in [0.1, 0.15) is 77.0 Å². The molecule has 108 valence electrons. The lowest BCUT2D eigenvalue weighted by atomic mass is 10.0. The van der Waals surface area contributed by atoms with Gasteiger partial charge in [-0.1, -0.05) is 57.4 Å². The lowest BCUT2D eigenvalue weighted by Crippen LogP contribution is -2.57. The van der Waals surface area contributed by atoms with Crippen LogP contribution in [0, 0.1) is 0 Å². The maximum Gasteiger partial charge on any atom is 0.115 e. The summed E-state index contributed by atoms with van der Waals surface area (Å²) in [6.07, 6.45) is 16.9. The van der Waals surface area contributed by atoms with E-state index >= 15 is 0 Å². The molecule has 0 heterocycles. The van der Waals surface area contributed by atoms with Gasteiger partial charge in [0, 0.05) is 0 Å². The SMILES string of the molecule is C=CCCCCCCCCCCCCC(N)(N)N. The van der Waals surface area contributed by atoms with Crippen molar-refractivity contribution in [3.05, 3.63) is 12.7 Å². The predicted octanol–water partition coefficient (Wildman–Crippen LogP) is 3.38. The fourth-order valence-electron chi connectivity index (χ4n) is 2.13. The van der Waals surface area contributed by atoms with Gasteiger partial charge in [-0.2, -0.15) is 0 Å². The van der Waals surface area contributed by atoms with Crippen LogP contribution in [0.15, 0.2) is 12.7 Å². The van der Waals surface area contributed by atoms with E-state index in [1.54, 1.807) is 0 Å². The molecule has 0 bridgehead atoms. The average Bonchev–Trinajstić information content (AvgIpc) is 2.29. The van der Waals surface area contributed by atoms with Gasteiger partial charge in [-0.05, 0) is 25.7 Å². The van der Waals surface area contributed by atoms with Crippen molar-refractivity contribution in [2.45, 2.75) is 82.8 Å². The molecule has 0 aromatic rings. The molecule has 0 aliphatic carbocycles. The predicted molar refractivity (Wildman–Crippen MR) is 80.9 cm³/mol. The van der Waals surface area contributed by atoms with Gasteiger partial charge in [0.25, 0.3) is 0 Å². The van der Waals surface area contributed by atoms with Gasteiger partial charge in [0.1, 0.15) is 5.79 Å². The fraction of sp³-hybridized carbons (Fsp3) is 0.867. The van der Waals surface area contributed by atoms with E-state index in [1.807, 2.05) is 6.08 Å². The van der Waals surface area contributed by atoms with Gasteiger partial charge in [-0.3, -0.25) is 0 Å². The smallest absolute Gasteiger partial charge is 0.115 e. The van der Waals surface area contributed by atoms with Gasteiger partial charge in [-0.15, -0.1) is 6.58 Å². The molecule has 0 radical (unpaired) electrons. The lowest BCUT2D eigenvalue weighted by molar-refractivity contribution is 0.399. The molecule has 0 unspecified atom stereocenters. The second kappa shape index (κ2) is 11.7. The van der Waals surface area contributed by atoms with Gasteiger partial charge in [0.2, 0.25) is 0 Å². The van der Waals surface area contributed by atoms with E-state index in [2.05, 4.69) is 6.58 Å². The Labute approximate surface area is 113 Å². The van der Waals surface area contributed by atoms with Crippen LogP contribution in [0.3, 0.4) is 0 Å². The van der Waals surface area contributed by atoms with Crippen LogP contribution >= 0.6 is 0 Å². The Morgan fingerprint density at radius 3 is 1.44 bits per heavy atom. The van der Waals surface area contributed by atoms with Crippen molar-refractivity contribution in [1.29, 1.82) is 0 Å². The summed E-state index contributed by atoms with van der Waals surface area (Å²) < 4.78 is 0. The van der Waals surface area contributed by atoms with Crippen LogP contribution in [0.25, 0.3) is 0 Å². The second-order valence-corrected chi connectivity index (χ2v) is 5.48. The first-order chi connectivity index (χ1) is 8.56. The lowest BCUT2D eigenvalue weighted by Gasteiger charge is -2.17. The molecular weight excluding hydrogens is 222 g/mol. The average molecular weight is 255 g/mol. The summed E-state index contributed by atoms with van der Waals surface area (Å²) in [5, 5.41) is 0. The van der Waals surface area contributed by atoms with Gasteiger partial charge < -0.3 is 17.2 Å². The molecule has 0 spiro atoms. The number of rotatable bonds is 13. The van der Waals surface area contributed by atoms with Crippen LogP contribution in [-0.4, -0.2) is 5.79 Å². The number of unbranched alkanes of at least 4 members (excludes halogenated alkanes) is 10. The molecule has 6 N–H and O–H groups in total. The third kappa shape index (κ3) is 15.6. The third-order valence-corrected chi connectivity index (χ3v) is 3.27. The monoisotopic (exact) mass is 255 g/mol. The molecule has 0 fully saturated rings. The summed E-state index contributed by atoms with van der Waals surface area (Å²) in [7, 11) is 0. The molecule has 0 aliphatic rings. The molecule has 0 aromatic heterocycles. The minimum atomic E-state index is -0.967. The minimum Gasteiger partial charge on any atom is -0.301 e. The highest BCUT2D eigenvalue weighted by molar-refractivity contribution is 4.67. The minimum absolute atomic E-state index is 0.719. The van der Waals surface area contributed by atoms with E-state index < -0.39 is 5.79 Å². The Balaban J connectivity index is 3.01. The van der Waals surface area contributed by atoms with E-state index in [-0.39, 0.29) is 0 Å². The Morgan fingerprint density at radius 2 is 1.06 bits per heavy atom. The Kier molecular flexibility index (Phi) is 11.4. The molecule has 0 atom stereocenters. The zero-order valence-electron chi connectivity index (χ0n) is 12.0. The summed E-state index contributed by atoms with van der Waals surface area (Å²) in [5.41, 5.74) is 16.5. The fourth-order valence-corrected chi connectivity index (χ4v) is 2.13. The van der Waals surface area contributed by atoms with Crippen LogP contribution in [0.2, 0.25) is 0 Å². The van der Waals surface area contributed by atoms with Crippen molar-refractivity contribution in [2.24, 2.45) is 17.2 Å². The molecule has 0 aliphatic heterocycles. The van der Waals surface area contributed by atoms with Gasteiger partial charge in [0.05, 0.1) is 0 Å². The number of allylic oxidation sites excluding steroid dienone is 1. The highest BCUT2D eigenvalue weighted by atomic mass is 15.1. The second-order valence-electron chi connectivity index (χ2n) is 5.48. The van der Waals surface area contributed by atoms with Crippen molar-refractivity contribution in [2.75, 3.05) is 0 Å². The van der Waals surface area contributed by atoms with Crippen LogP contribution in [0.4, 0.5) is 0 Å². The first-order valence-corrected chi connectivity index (χ1v) is 7.54. The van der Waals surface area contributed by atoms with E-state index in [9.17, 15) is 0 Å². The summed E-state index contributed by atoms with van der Waals surface area (Å²) >= 11 is 0. The number of nitrogens with two attached hydrogens (primary N) is 3. The molecule has 3 heteroatoms. The quantitative estimate of drug-likeness (QED) is 0.268. The summed E-state index contributed by atoms with van der Waals surface area (Å²) in [6, 6.07) is 0. The van der Waals surface area contributed by atoms with E-state index in [4.69, 9.17) is 17.2 Å². The van der Waals surface area contributed by atoms with Gasteiger partial charge in [0.15, 0.2) is 0 Å². The van der Waals surface area contributed by atoms with Crippen LogP contribution in [-0.2, 0) is 0 Å². The highest BCUT2D eigenvalue weighted by Crippen LogP contribution is 2.12. The summed E-state index contributed by atoms with van der Waals surface area (Å²) in [5.74, 6) is -0.967. The molecule has 0 saturated carbocycles. The molecule has 18 heavy (non-hydrogen) atoms. The maximum atomic E-state index is 5.52. The van der Waals surface area contributed by atoms with Gasteiger partial charge in [-0.25, -0.2) is 0 Å². The Hall–Kier alpha value is -0.380. The molecule has 0 saturated heterocycles. The van der Waals surface area contributed by atoms with Crippen molar-refractivity contribution in [3.63, 3.8) is 0 Å². The van der Waals surface area contributed by atoms with E-state index in [0.717, 1.165) is 12.8 Å². The summed E-state index contributed by atoms with van der Waals surface area (Å²) in [6.45, 7) is 3.74. The maximum absolute atomic E-state index is 5.52. The summed E-state index contributed by atoms with van der Waals surface area (Å²) in [4.78, 5) is 0. The molecular formula is C15H33N3. The standard InChI is InChI=1S/C15H33N3/c1-2-3-4-5-6-7-8-9-10-11-12-13-14-15(16,17)18/h2H,1,3-14,16-18H2. The normalized spacial score (nSPS) is 11.7. The Morgan fingerprint density at radius 1 is 0.667 bits per heavy atom. The number of hydrogen-bond donors (Lipinski definition) is 3. The molecule has 0 amide bonds. The topological polar surface area (TPSA) is 78.1 Å². The van der Waals surface area contributed by atoms with E-state index in [0.29, 0.717) is 0 Å². The first-order valence-electron chi connectivity index (χ1n) is 7.54. The van der Waals surface area contributed by atoms with Crippen LogP contribution < -0.4 is 17.2 Å².